The van der Waals surface area contributed by atoms with Crippen molar-refractivity contribution < 1.29 is 13.2 Å². The maximum absolute atomic E-state index is 13.4. The van der Waals surface area contributed by atoms with Crippen molar-refractivity contribution in [2.24, 2.45) is 0 Å². The Balaban J connectivity index is 1.40. The van der Waals surface area contributed by atoms with E-state index < -0.39 is 11.7 Å². The number of nitriles is 1. The molecule has 1 aliphatic rings. The summed E-state index contributed by atoms with van der Waals surface area (Å²) in [5.41, 5.74) is 3.87. The average molecular weight is 471 g/mol. The average Bonchev–Trinajstić information content (AvgIpc) is 2.88. The maximum Gasteiger partial charge on any atom is 0.417 e. The van der Waals surface area contributed by atoms with Crippen molar-refractivity contribution >= 4 is 17.2 Å². The summed E-state index contributed by atoms with van der Waals surface area (Å²) >= 11 is 0. The van der Waals surface area contributed by atoms with E-state index in [0.29, 0.717) is 31.0 Å². The Morgan fingerprint density at radius 1 is 0.914 bits per heavy atom. The van der Waals surface area contributed by atoms with Gasteiger partial charge in [0.2, 0.25) is 0 Å². The fourth-order valence-electron chi connectivity index (χ4n) is 4.29. The monoisotopic (exact) mass is 471 g/mol. The highest BCUT2D eigenvalue weighted by atomic mass is 19.4. The van der Waals surface area contributed by atoms with Crippen LogP contribution in [-0.2, 0) is 19.1 Å². The number of benzene rings is 3. The van der Waals surface area contributed by atoms with Gasteiger partial charge in [0.25, 0.3) is 0 Å². The molecule has 0 fully saturated rings. The Morgan fingerprint density at radius 3 is 2.49 bits per heavy atom. The van der Waals surface area contributed by atoms with Crippen molar-refractivity contribution in [2.75, 3.05) is 16.8 Å². The smallest absolute Gasteiger partial charge is 0.365 e. The summed E-state index contributed by atoms with van der Waals surface area (Å²) < 4.78 is 40.3. The van der Waals surface area contributed by atoms with Gasteiger partial charge in [-0.2, -0.15) is 18.4 Å². The molecule has 0 saturated heterocycles. The Hall–Kier alpha value is -4.38. The number of halogens is 3. The largest absolute Gasteiger partial charge is 0.417 e. The quantitative estimate of drug-likeness (QED) is 0.376. The second-order valence-corrected chi connectivity index (χ2v) is 8.23. The number of alkyl halides is 3. The van der Waals surface area contributed by atoms with E-state index in [1.807, 2.05) is 59.5 Å². The van der Waals surface area contributed by atoms with Crippen molar-refractivity contribution in [2.45, 2.75) is 19.1 Å². The predicted octanol–water partition coefficient (Wildman–Crippen LogP) is 6.34. The molecule has 4 aromatic rings. The lowest BCUT2D eigenvalue weighted by Crippen LogP contribution is -2.32. The molecule has 5 rings (SSSR count). The van der Waals surface area contributed by atoms with Crippen LogP contribution in [0.15, 0.2) is 79.1 Å². The first kappa shape index (κ1) is 22.4. The molecule has 0 unspecified atom stereocenters. The fraction of sp³-hybridized carbons (Fsp3) is 0.148. The minimum Gasteiger partial charge on any atom is -0.365 e. The van der Waals surface area contributed by atoms with E-state index in [4.69, 9.17) is 5.26 Å². The van der Waals surface area contributed by atoms with Gasteiger partial charge in [0.15, 0.2) is 0 Å². The van der Waals surface area contributed by atoms with Crippen LogP contribution in [0.3, 0.4) is 0 Å². The van der Waals surface area contributed by atoms with E-state index in [1.54, 1.807) is 12.1 Å². The Kier molecular flexibility index (Phi) is 5.83. The van der Waals surface area contributed by atoms with Crippen LogP contribution in [0.1, 0.15) is 22.4 Å². The van der Waals surface area contributed by atoms with Crippen LogP contribution in [0.25, 0.3) is 11.1 Å². The number of nitrogens with zero attached hydrogens (tertiary/aromatic N) is 4. The van der Waals surface area contributed by atoms with Gasteiger partial charge < -0.3 is 10.2 Å². The molecule has 8 heteroatoms. The third-order valence-corrected chi connectivity index (χ3v) is 6.03. The molecule has 3 aromatic carbocycles. The SMILES string of the molecule is N#Cc1ccc(N2CCc3c(ncnc3Nc3cccc(-c4ccccc4)c3)C2)cc1C(F)(F)F. The first-order valence-electron chi connectivity index (χ1n) is 11.0. The van der Waals surface area contributed by atoms with Gasteiger partial charge in [-0.3, -0.25) is 0 Å². The number of hydrogen-bond acceptors (Lipinski definition) is 5. The van der Waals surface area contributed by atoms with Gasteiger partial charge in [-0.15, -0.1) is 0 Å². The van der Waals surface area contributed by atoms with Crippen LogP contribution < -0.4 is 10.2 Å². The number of hydrogen-bond donors (Lipinski definition) is 1. The molecule has 0 aliphatic carbocycles. The van der Waals surface area contributed by atoms with Gasteiger partial charge in [0, 0.05) is 23.5 Å². The van der Waals surface area contributed by atoms with Crippen molar-refractivity contribution in [1.29, 1.82) is 5.26 Å². The van der Waals surface area contributed by atoms with Crippen molar-refractivity contribution in [1.82, 2.24) is 9.97 Å². The Labute approximate surface area is 200 Å². The molecule has 35 heavy (non-hydrogen) atoms. The van der Waals surface area contributed by atoms with Crippen molar-refractivity contribution in [3.05, 3.63) is 102 Å². The van der Waals surface area contributed by atoms with Gasteiger partial charge in [-0.05, 0) is 47.9 Å². The number of fused-ring (bicyclic) bond motifs is 1. The molecule has 0 spiro atoms. The minimum atomic E-state index is -4.59. The van der Waals surface area contributed by atoms with Crippen LogP contribution in [0.2, 0.25) is 0 Å². The molecular weight excluding hydrogens is 451 g/mol. The van der Waals surface area contributed by atoms with E-state index in [-0.39, 0.29) is 5.56 Å². The van der Waals surface area contributed by atoms with E-state index in [9.17, 15) is 13.2 Å². The predicted molar refractivity (Wildman–Crippen MR) is 128 cm³/mol. The fourth-order valence-corrected chi connectivity index (χ4v) is 4.29. The Bertz CT molecular complexity index is 1410. The van der Waals surface area contributed by atoms with E-state index >= 15 is 0 Å². The van der Waals surface area contributed by atoms with E-state index in [0.717, 1.165) is 34.1 Å². The summed E-state index contributed by atoms with van der Waals surface area (Å²) in [7, 11) is 0. The molecule has 0 radical (unpaired) electrons. The molecule has 0 saturated carbocycles. The zero-order valence-electron chi connectivity index (χ0n) is 18.5. The molecule has 174 valence electrons. The second kappa shape index (κ2) is 9.11. The normalized spacial score (nSPS) is 13.1. The van der Waals surface area contributed by atoms with Crippen LogP contribution in [0.4, 0.5) is 30.4 Å². The number of aromatic nitrogens is 2. The summed E-state index contributed by atoms with van der Waals surface area (Å²) in [4.78, 5) is 10.7. The van der Waals surface area contributed by atoms with Crippen LogP contribution >= 0.6 is 0 Å². The molecule has 1 aromatic heterocycles. The minimum absolute atomic E-state index is 0.347. The molecular formula is C27H20F3N5. The van der Waals surface area contributed by atoms with Gasteiger partial charge >= 0.3 is 6.18 Å². The van der Waals surface area contributed by atoms with Crippen molar-refractivity contribution in [3.63, 3.8) is 0 Å². The lowest BCUT2D eigenvalue weighted by Gasteiger charge is -2.31. The molecule has 0 bridgehead atoms. The first-order chi connectivity index (χ1) is 16.9. The topological polar surface area (TPSA) is 64.8 Å². The lowest BCUT2D eigenvalue weighted by molar-refractivity contribution is -0.137. The van der Waals surface area contributed by atoms with Gasteiger partial charge in [-0.1, -0.05) is 42.5 Å². The highest BCUT2D eigenvalue weighted by Crippen LogP contribution is 2.36. The molecule has 0 amide bonds. The van der Waals surface area contributed by atoms with Gasteiger partial charge in [-0.25, -0.2) is 9.97 Å². The zero-order chi connectivity index (χ0) is 24.4. The summed E-state index contributed by atoms with van der Waals surface area (Å²) in [6, 6.07) is 23.5. The second-order valence-electron chi connectivity index (χ2n) is 8.23. The first-order valence-corrected chi connectivity index (χ1v) is 11.0. The van der Waals surface area contributed by atoms with E-state index in [2.05, 4.69) is 15.3 Å². The number of nitrogens with one attached hydrogen (secondary N) is 1. The molecule has 1 aliphatic heterocycles. The molecule has 2 heterocycles. The van der Waals surface area contributed by atoms with Gasteiger partial charge in [0.1, 0.15) is 12.1 Å². The van der Waals surface area contributed by atoms with E-state index in [1.165, 1.54) is 12.4 Å². The Morgan fingerprint density at radius 2 is 1.71 bits per heavy atom. The maximum atomic E-state index is 13.4. The number of anilines is 3. The van der Waals surface area contributed by atoms with Crippen molar-refractivity contribution in [3.8, 4) is 17.2 Å². The number of rotatable bonds is 4. The third kappa shape index (κ3) is 4.66. The standard InChI is InChI=1S/C27H20F3N5/c28-27(29,30)24-14-22(10-9-20(24)15-31)35-12-11-23-25(16-35)32-17-33-26(23)34-21-8-4-7-19(13-21)18-5-2-1-3-6-18/h1-10,13-14,17H,11-12,16H2,(H,32,33,34). The highest BCUT2D eigenvalue weighted by molar-refractivity contribution is 5.71. The lowest BCUT2D eigenvalue weighted by atomic mass is 10.0. The summed E-state index contributed by atoms with van der Waals surface area (Å²) in [6.07, 6.45) is -2.56. The molecule has 0 atom stereocenters. The van der Waals surface area contributed by atoms with Crippen LogP contribution in [0.5, 0.6) is 0 Å². The summed E-state index contributed by atoms with van der Waals surface area (Å²) in [6.45, 7) is 0.849. The van der Waals surface area contributed by atoms with Crippen LogP contribution in [0, 0.1) is 11.3 Å². The molecule has 5 nitrogen and oxygen atoms in total. The third-order valence-electron chi connectivity index (χ3n) is 6.03. The molecule has 1 N–H and O–H groups in total. The van der Waals surface area contributed by atoms with Crippen LogP contribution in [-0.4, -0.2) is 16.5 Å². The zero-order valence-corrected chi connectivity index (χ0v) is 18.5. The van der Waals surface area contributed by atoms with Gasteiger partial charge in [0.05, 0.1) is 29.4 Å². The summed E-state index contributed by atoms with van der Waals surface area (Å²) in [5.74, 6) is 0.690. The summed E-state index contributed by atoms with van der Waals surface area (Å²) in [5, 5.41) is 12.4. The highest BCUT2D eigenvalue weighted by Gasteiger charge is 2.34.